The maximum atomic E-state index is 6.48. The third-order valence-electron chi connectivity index (χ3n) is 7.47. The molecular formula is C35H36Cl5NO4. The van der Waals surface area contributed by atoms with Crippen LogP contribution in [0.3, 0.4) is 0 Å². The van der Waals surface area contributed by atoms with Gasteiger partial charge in [0.25, 0.3) is 0 Å². The molecule has 0 aromatic heterocycles. The topological polar surface area (TPSA) is 49.0 Å². The fourth-order valence-corrected chi connectivity index (χ4v) is 5.82. The second-order valence-electron chi connectivity index (χ2n) is 10.7. The molecule has 0 unspecified atom stereocenters. The van der Waals surface area contributed by atoms with E-state index in [1.807, 2.05) is 54.6 Å². The molecule has 4 aromatic carbocycles. The van der Waals surface area contributed by atoms with Crippen molar-refractivity contribution in [3.63, 3.8) is 0 Å². The fraction of sp³-hybridized carbons (Fsp3) is 0.314. The summed E-state index contributed by atoms with van der Waals surface area (Å²) in [5, 5.41) is 5.53. The van der Waals surface area contributed by atoms with Gasteiger partial charge in [0.15, 0.2) is 0 Å². The Hall–Kier alpha value is -2.03. The van der Waals surface area contributed by atoms with Crippen LogP contribution in [0.25, 0.3) is 0 Å². The van der Waals surface area contributed by atoms with E-state index in [0.29, 0.717) is 66.2 Å². The molecule has 0 spiro atoms. The molecule has 10 heteroatoms. The Labute approximate surface area is 291 Å². The van der Waals surface area contributed by atoms with Gasteiger partial charge >= 0.3 is 0 Å². The number of ether oxygens (including phenoxy) is 4. The number of benzene rings is 4. The summed E-state index contributed by atoms with van der Waals surface area (Å²) in [5.74, 6) is 0.787. The van der Waals surface area contributed by atoms with Crippen LogP contribution in [-0.4, -0.2) is 38.5 Å². The average molecular weight is 712 g/mol. The Bertz CT molecular complexity index is 1410. The van der Waals surface area contributed by atoms with Gasteiger partial charge in [-0.25, -0.2) is 0 Å². The summed E-state index contributed by atoms with van der Waals surface area (Å²) >= 11 is 24.7. The van der Waals surface area contributed by atoms with Crippen molar-refractivity contribution in [1.82, 2.24) is 5.32 Å². The predicted molar refractivity (Wildman–Crippen MR) is 186 cm³/mol. The maximum Gasteiger partial charge on any atom is 0.119 e. The van der Waals surface area contributed by atoms with Gasteiger partial charge in [-0.1, -0.05) is 101 Å². The molecule has 1 aliphatic rings. The van der Waals surface area contributed by atoms with E-state index in [1.165, 1.54) is 5.56 Å². The van der Waals surface area contributed by atoms with Crippen molar-refractivity contribution in [1.29, 1.82) is 0 Å². The third-order valence-corrected chi connectivity index (χ3v) is 8.94. The second kappa shape index (κ2) is 18.3. The van der Waals surface area contributed by atoms with Crippen molar-refractivity contribution < 1.29 is 18.9 Å². The molecule has 5 nitrogen and oxygen atoms in total. The van der Waals surface area contributed by atoms with Gasteiger partial charge < -0.3 is 24.3 Å². The van der Waals surface area contributed by atoms with Gasteiger partial charge in [-0.05, 0) is 58.7 Å². The third kappa shape index (κ3) is 10.8. The molecule has 240 valence electrons. The lowest BCUT2D eigenvalue weighted by Crippen LogP contribution is -2.50. The zero-order valence-corrected chi connectivity index (χ0v) is 28.4. The predicted octanol–water partition coefficient (Wildman–Crippen LogP) is 9.57. The highest BCUT2D eigenvalue weighted by Crippen LogP contribution is 2.33. The minimum atomic E-state index is -0.148. The van der Waals surface area contributed by atoms with Crippen LogP contribution in [0.4, 0.5) is 0 Å². The largest absolute Gasteiger partial charge is 0.494 e. The first-order valence-electron chi connectivity index (χ1n) is 14.6. The highest BCUT2D eigenvalue weighted by Gasteiger charge is 2.36. The zero-order valence-electron chi connectivity index (χ0n) is 24.6. The van der Waals surface area contributed by atoms with Gasteiger partial charge in [0, 0.05) is 25.4 Å². The Morgan fingerprint density at radius 2 is 1.18 bits per heavy atom. The van der Waals surface area contributed by atoms with E-state index in [0.717, 1.165) is 28.9 Å². The van der Waals surface area contributed by atoms with E-state index in [2.05, 4.69) is 29.6 Å². The first-order chi connectivity index (χ1) is 21.5. The molecule has 1 saturated heterocycles. The number of nitrogens with one attached hydrogen (secondary N) is 1. The summed E-state index contributed by atoms with van der Waals surface area (Å²) in [6.07, 6.45) is 0.508. The fourth-order valence-electron chi connectivity index (χ4n) is 5.18. The Balaban J connectivity index is 0.00000461. The van der Waals surface area contributed by atoms with Crippen molar-refractivity contribution in [3.8, 4) is 5.75 Å². The first-order valence-corrected chi connectivity index (χ1v) is 16.1. The lowest BCUT2D eigenvalue weighted by atomic mass is 9.85. The van der Waals surface area contributed by atoms with Gasteiger partial charge in [0.05, 0.1) is 65.3 Å². The van der Waals surface area contributed by atoms with Crippen LogP contribution in [-0.2, 0) is 34.0 Å². The molecule has 45 heavy (non-hydrogen) atoms. The second-order valence-corrected chi connectivity index (χ2v) is 12.3. The Morgan fingerprint density at radius 1 is 0.600 bits per heavy atom. The molecule has 1 N–H and O–H groups in total. The molecule has 0 radical (unpaired) electrons. The normalized spacial score (nSPS) is 17.9. The quantitative estimate of drug-likeness (QED) is 0.132. The van der Waals surface area contributed by atoms with Gasteiger partial charge in [0.1, 0.15) is 5.75 Å². The van der Waals surface area contributed by atoms with Crippen LogP contribution in [0, 0.1) is 0 Å². The molecule has 1 fully saturated rings. The lowest BCUT2D eigenvalue weighted by molar-refractivity contribution is -0.0650. The molecule has 0 amide bonds. The number of hydrogen-bond donors (Lipinski definition) is 1. The molecule has 0 aliphatic carbocycles. The monoisotopic (exact) mass is 709 g/mol. The van der Waals surface area contributed by atoms with Crippen molar-refractivity contribution in [3.05, 3.63) is 133 Å². The average Bonchev–Trinajstić information content (AvgIpc) is 3.04. The molecule has 0 bridgehead atoms. The number of halogens is 5. The number of rotatable bonds is 14. The van der Waals surface area contributed by atoms with E-state index < -0.39 is 0 Å². The van der Waals surface area contributed by atoms with E-state index in [-0.39, 0.29) is 30.5 Å². The minimum Gasteiger partial charge on any atom is -0.494 e. The van der Waals surface area contributed by atoms with Crippen LogP contribution in [0.2, 0.25) is 20.1 Å². The van der Waals surface area contributed by atoms with E-state index in [4.69, 9.17) is 65.4 Å². The summed E-state index contributed by atoms with van der Waals surface area (Å²) in [7, 11) is 0. The van der Waals surface area contributed by atoms with Crippen LogP contribution in [0.5, 0.6) is 5.75 Å². The van der Waals surface area contributed by atoms with Crippen LogP contribution < -0.4 is 10.1 Å². The molecule has 3 atom stereocenters. The van der Waals surface area contributed by atoms with E-state index in [1.54, 1.807) is 12.1 Å². The van der Waals surface area contributed by atoms with E-state index >= 15 is 0 Å². The summed E-state index contributed by atoms with van der Waals surface area (Å²) in [6, 6.07) is 29.5. The van der Waals surface area contributed by atoms with Crippen molar-refractivity contribution in [2.45, 2.75) is 44.4 Å². The molecular weight excluding hydrogens is 676 g/mol. The van der Waals surface area contributed by atoms with Crippen LogP contribution in [0.1, 0.15) is 34.6 Å². The molecule has 0 saturated carbocycles. The zero-order chi connectivity index (χ0) is 30.7. The SMILES string of the molecule is Cl.Clc1ccc(CO[C@H]2CNC[C@@H](OCc3ccc(Cl)c(Cl)c3)[C@H]2c2ccc(OCCCOCc3ccccc3)cc2)cc1Cl. The number of piperidine rings is 1. The highest BCUT2D eigenvalue weighted by atomic mass is 35.5. The van der Waals surface area contributed by atoms with Crippen LogP contribution in [0.15, 0.2) is 91.0 Å². The smallest absolute Gasteiger partial charge is 0.119 e. The summed E-state index contributed by atoms with van der Waals surface area (Å²) in [5.41, 5.74) is 4.19. The lowest BCUT2D eigenvalue weighted by Gasteiger charge is -2.39. The Kier molecular flexibility index (Phi) is 14.6. The van der Waals surface area contributed by atoms with Crippen LogP contribution >= 0.6 is 58.8 Å². The van der Waals surface area contributed by atoms with Gasteiger partial charge in [-0.15, -0.1) is 12.4 Å². The van der Waals surface area contributed by atoms with Crippen molar-refractivity contribution in [2.24, 2.45) is 0 Å². The first kappa shape index (κ1) is 35.8. The minimum absolute atomic E-state index is 0. The van der Waals surface area contributed by atoms with Crippen molar-refractivity contribution in [2.75, 3.05) is 26.3 Å². The maximum absolute atomic E-state index is 6.48. The molecule has 4 aromatic rings. The standard InChI is InChI=1S/C35H35Cl4NO4.ClH/c36-29-13-7-25(17-31(29)38)22-43-33-19-40-20-34(44-23-26-8-14-30(37)32(39)18-26)35(33)27-9-11-28(12-10-27)42-16-4-15-41-21-24-5-2-1-3-6-24;/h1-3,5-14,17-18,33-35,40H,4,15-16,19-23H2;1H/t33-,34+,35-;. The summed E-state index contributed by atoms with van der Waals surface area (Å²) in [6.45, 7) is 3.97. The molecule has 1 heterocycles. The van der Waals surface area contributed by atoms with Gasteiger partial charge in [-0.3, -0.25) is 0 Å². The highest BCUT2D eigenvalue weighted by molar-refractivity contribution is 6.42. The molecule has 5 rings (SSSR count). The summed E-state index contributed by atoms with van der Waals surface area (Å²) < 4.78 is 24.7. The van der Waals surface area contributed by atoms with Gasteiger partial charge in [-0.2, -0.15) is 0 Å². The number of hydrogen-bond acceptors (Lipinski definition) is 5. The van der Waals surface area contributed by atoms with Crippen molar-refractivity contribution >= 4 is 58.8 Å². The molecule has 1 aliphatic heterocycles. The summed E-state index contributed by atoms with van der Waals surface area (Å²) in [4.78, 5) is 0. The Morgan fingerprint density at radius 3 is 1.73 bits per heavy atom. The van der Waals surface area contributed by atoms with Gasteiger partial charge in [0.2, 0.25) is 0 Å². The van der Waals surface area contributed by atoms with E-state index in [9.17, 15) is 0 Å².